The van der Waals surface area contributed by atoms with Gasteiger partial charge in [0.2, 0.25) is 0 Å². The Morgan fingerprint density at radius 1 is 1.11 bits per heavy atom. The van der Waals surface area contributed by atoms with Crippen molar-refractivity contribution in [3.63, 3.8) is 0 Å². The number of unbranched alkanes of at least 4 members (excludes halogenated alkanes) is 3. The van der Waals surface area contributed by atoms with Gasteiger partial charge in [0.05, 0.1) is 0 Å². The Labute approximate surface area is 112 Å². The monoisotopic (exact) mass is 251 g/mol. The summed E-state index contributed by atoms with van der Waals surface area (Å²) in [7, 11) is 0. The second kappa shape index (κ2) is 12.6. The van der Waals surface area contributed by atoms with E-state index >= 15 is 0 Å². The maximum atomic E-state index is 11.8. The van der Waals surface area contributed by atoms with Gasteiger partial charge in [-0.15, -0.1) is 6.58 Å². The summed E-state index contributed by atoms with van der Waals surface area (Å²) in [6, 6.07) is 0. The van der Waals surface area contributed by atoms with Crippen LogP contribution in [0, 0.1) is 0 Å². The Morgan fingerprint density at radius 3 is 2.50 bits per heavy atom. The molecular formula is C16H29NO. The first-order valence-corrected chi connectivity index (χ1v) is 7.27. The lowest BCUT2D eigenvalue weighted by atomic mass is 10.0. The molecule has 104 valence electrons. The van der Waals surface area contributed by atoms with Gasteiger partial charge in [-0.25, -0.2) is 0 Å². The van der Waals surface area contributed by atoms with Crippen LogP contribution in [-0.2, 0) is 4.79 Å². The minimum Gasteiger partial charge on any atom is -0.330 e. The molecule has 0 spiro atoms. The van der Waals surface area contributed by atoms with Crippen molar-refractivity contribution < 1.29 is 4.79 Å². The van der Waals surface area contributed by atoms with Gasteiger partial charge in [0.1, 0.15) is 0 Å². The van der Waals surface area contributed by atoms with E-state index in [1.165, 1.54) is 18.4 Å². The van der Waals surface area contributed by atoms with Crippen LogP contribution in [0.1, 0.15) is 64.7 Å². The zero-order chi connectivity index (χ0) is 13.6. The van der Waals surface area contributed by atoms with E-state index in [1.807, 2.05) is 12.2 Å². The molecule has 2 nitrogen and oxygen atoms in total. The Kier molecular flexibility index (Phi) is 11.9. The Hall–Kier alpha value is -0.890. The second-order valence-electron chi connectivity index (χ2n) is 4.80. The molecule has 0 fully saturated rings. The molecule has 0 aliphatic carbocycles. The van der Waals surface area contributed by atoms with Crippen LogP contribution in [0.5, 0.6) is 0 Å². The van der Waals surface area contributed by atoms with Crippen LogP contribution < -0.4 is 5.73 Å². The number of nitrogens with two attached hydrogens (primary N) is 1. The lowest BCUT2D eigenvalue weighted by Crippen LogP contribution is -2.00. The van der Waals surface area contributed by atoms with Gasteiger partial charge < -0.3 is 5.73 Å². The first-order chi connectivity index (χ1) is 8.74. The lowest BCUT2D eigenvalue weighted by Gasteiger charge is -2.05. The minimum absolute atomic E-state index is 0.280. The van der Waals surface area contributed by atoms with Crippen molar-refractivity contribution in [2.45, 2.75) is 64.7 Å². The first-order valence-electron chi connectivity index (χ1n) is 7.27. The summed E-state index contributed by atoms with van der Waals surface area (Å²) in [5, 5.41) is 0. The molecule has 0 heterocycles. The molecule has 0 amide bonds. The maximum Gasteiger partial charge on any atom is 0.155 e. The lowest BCUT2D eigenvalue weighted by molar-refractivity contribution is -0.114. The smallest absolute Gasteiger partial charge is 0.155 e. The van der Waals surface area contributed by atoms with Crippen molar-refractivity contribution in [3.05, 3.63) is 24.3 Å². The molecule has 2 heteroatoms. The molecule has 2 N–H and O–H groups in total. The second-order valence-corrected chi connectivity index (χ2v) is 4.80. The van der Waals surface area contributed by atoms with Gasteiger partial charge in [0, 0.05) is 6.42 Å². The third kappa shape index (κ3) is 10.3. The summed E-state index contributed by atoms with van der Waals surface area (Å²) in [6.45, 7) is 6.65. The van der Waals surface area contributed by atoms with Crippen molar-refractivity contribution >= 4 is 5.78 Å². The molecule has 0 aliphatic heterocycles. The van der Waals surface area contributed by atoms with Crippen molar-refractivity contribution in [2.75, 3.05) is 6.54 Å². The average molecular weight is 251 g/mol. The Bertz CT molecular complexity index is 256. The number of carbonyl (C=O) groups is 1. The summed E-state index contributed by atoms with van der Waals surface area (Å²) in [5.74, 6) is 0.280. The topological polar surface area (TPSA) is 43.1 Å². The fraction of sp³-hybridized carbons (Fsp3) is 0.688. The molecule has 0 aromatic carbocycles. The predicted molar refractivity (Wildman–Crippen MR) is 79.6 cm³/mol. The summed E-state index contributed by atoms with van der Waals surface area (Å²) >= 11 is 0. The van der Waals surface area contributed by atoms with Crippen LogP contribution in [0.25, 0.3) is 0 Å². The standard InChI is InChI=1S/C16H29NO/c1-3-5-10-15(11-6-4-2)14-16(18)12-8-7-9-13-17/h3,14H,1,4-13,17H2,2H3. The number of rotatable bonds is 12. The average Bonchev–Trinajstić information content (AvgIpc) is 2.38. The summed E-state index contributed by atoms with van der Waals surface area (Å²) < 4.78 is 0. The maximum absolute atomic E-state index is 11.8. The van der Waals surface area contributed by atoms with E-state index in [0.717, 1.165) is 45.1 Å². The van der Waals surface area contributed by atoms with Gasteiger partial charge in [-0.05, 0) is 51.1 Å². The third-order valence-electron chi connectivity index (χ3n) is 3.01. The van der Waals surface area contributed by atoms with Gasteiger partial charge in [-0.2, -0.15) is 0 Å². The van der Waals surface area contributed by atoms with Crippen LogP contribution in [0.15, 0.2) is 24.3 Å². The van der Waals surface area contributed by atoms with Crippen molar-refractivity contribution in [1.82, 2.24) is 0 Å². The van der Waals surface area contributed by atoms with Crippen molar-refractivity contribution in [1.29, 1.82) is 0 Å². The molecular weight excluding hydrogens is 222 g/mol. The molecule has 18 heavy (non-hydrogen) atoms. The zero-order valence-electron chi connectivity index (χ0n) is 11.9. The fourth-order valence-electron chi connectivity index (χ4n) is 1.88. The molecule has 0 radical (unpaired) electrons. The van der Waals surface area contributed by atoms with E-state index in [-0.39, 0.29) is 5.78 Å². The first kappa shape index (κ1) is 17.1. The molecule has 0 atom stereocenters. The van der Waals surface area contributed by atoms with E-state index in [9.17, 15) is 4.79 Å². The molecule has 0 saturated carbocycles. The van der Waals surface area contributed by atoms with E-state index in [2.05, 4.69) is 13.5 Å². The molecule has 0 saturated heterocycles. The van der Waals surface area contributed by atoms with E-state index in [0.29, 0.717) is 6.42 Å². The van der Waals surface area contributed by atoms with Crippen LogP contribution in [0.4, 0.5) is 0 Å². The molecule has 0 bridgehead atoms. The highest BCUT2D eigenvalue weighted by molar-refractivity contribution is 5.90. The zero-order valence-corrected chi connectivity index (χ0v) is 11.9. The van der Waals surface area contributed by atoms with E-state index < -0.39 is 0 Å². The van der Waals surface area contributed by atoms with Crippen LogP contribution in [-0.4, -0.2) is 12.3 Å². The van der Waals surface area contributed by atoms with E-state index in [4.69, 9.17) is 5.73 Å². The summed E-state index contributed by atoms with van der Waals surface area (Å²) in [6.07, 6.45) is 12.9. The molecule has 0 aromatic heterocycles. The SMILES string of the molecule is C=CCCC(=CC(=O)CCCCCN)CCCC. The highest BCUT2D eigenvalue weighted by atomic mass is 16.1. The van der Waals surface area contributed by atoms with Crippen LogP contribution in [0.3, 0.4) is 0 Å². The quantitative estimate of drug-likeness (QED) is 0.321. The van der Waals surface area contributed by atoms with Crippen LogP contribution in [0.2, 0.25) is 0 Å². The fourth-order valence-corrected chi connectivity index (χ4v) is 1.88. The Balaban J connectivity index is 4.06. The van der Waals surface area contributed by atoms with Crippen molar-refractivity contribution in [3.8, 4) is 0 Å². The molecule has 0 aromatic rings. The molecule has 0 unspecified atom stereocenters. The number of hydrogen-bond acceptors (Lipinski definition) is 2. The van der Waals surface area contributed by atoms with Crippen molar-refractivity contribution in [2.24, 2.45) is 5.73 Å². The minimum atomic E-state index is 0.280. The normalized spacial score (nSPS) is 11.6. The van der Waals surface area contributed by atoms with Gasteiger partial charge in [0.15, 0.2) is 5.78 Å². The highest BCUT2D eigenvalue weighted by Crippen LogP contribution is 2.15. The summed E-state index contributed by atoms with van der Waals surface area (Å²) in [4.78, 5) is 11.8. The number of hydrogen-bond donors (Lipinski definition) is 1. The van der Waals surface area contributed by atoms with E-state index in [1.54, 1.807) is 0 Å². The largest absolute Gasteiger partial charge is 0.330 e. The number of allylic oxidation sites excluding steroid dienone is 3. The third-order valence-corrected chi connectivity index (χ3v) is 3.01. The van der Waals surface area contributed by atoms with Gasteiger partial charge in [0.25, 0.3) is 0 Å². The van der Waals surface area contributed by atoms with Gasteiger partial charge in [-0.1, -0.05) is 31.4 Å². The van der Waals surface area contributed by atoms with Gasteiger partial charge >= 0.3 is 0 Å². The predicted octanol–water partition coefficient (Wildman–Crippen LogP) is 4.16. The van der Waals surface area contributed by atoms with Gasteiger partial charge in [-0.3, -0.25) is 4.79 Å². The highest BCUT2D eigenvalue weighted by Gasteiger charge is 2.02. The Morgan fingerprint density at radius 2 is 1.89 bits per heavy atom. The molecule has 0 rings (SSSR count). The van der Waals surface area contributed by atoms with Crippen LogP contribution >= 0.6 is 0 Å². The number of carbonyl (C=O) groups excluding carboxylic acids is 1. The summed E-state index contributed by atoms with van der Waals surface area (Å²) in [5.41, 5.74) is 6.72. The molecule has 0 aliphatic rings. The number of ketones is 1.